The predicted octanol–water partition coefficient (Wildman–Crippen LogP) is 2.37. The third kappa shape index (κ3) is 6.78. The Balaban J connectivity index is 2.36. The summed E-state index contributed by atoms with van der Waals surface area (Å²) in [7, 11) is 4.06. The number of ether oxygens (including phenoxy) is 1. The van der Waals surface area contributed by atoms with Crippen molar-refractivity contribution in [1.82, 2.24) is 0 Å². The van der Waals surface area contributed by atoms with Gasteiger partial charge in [0.25, 0.3) is 0 Å². The lowest BCUT2D eigenvalue weighted by atomic mass is 9.93. The minimum atomic E-state index is -1.50. The molecule has 0 aliphatic carbocycles. The van der Waals surface area contributed by atoms with Crippen molar-refractivity contribution in [3.8, 4) is 0 Å². The molecule has 0 spiro atoms. The topological polar surface area (TPSA) is 49.5 Å². The van der Waals surface area contributed by atoms with Gasteiger partial charge in [-0.1, -0.05) is 13.8 Å². The molecule has 7 heteroatoms. The van der Waals surface area contributed by atoms with Crippen LogP contribution in [0.4, 0.5) is 0 Å². The molecule has 1 saturated heterocycles. The van der Waals surface area contributed by atoms with Gasteiger partial charge in [0.1, 0.15) is 0 Å². The number of hydrogen-bond acceptors (Lipinski definition) is 5. The van der Waals surface area contributed by atoms with Crippen LogP contribution in [-0.2, 0) is 22.4 Å². The van der Waals surface area contributed by atoms with Gasteiger partial charge in [-0.05, 0) is 42.7 Å². The molecule has 0 saturated carbocycles. The summed E-state index contributed by atoms with van der Waals surface area (Å²) >= 11 is 0. The van der Waals surface area contributed by atoms with Gasteiger partial charge in [0.05, 0.1) is 12.7 Å². The molecule has 0 amide bonds. The van der Waals surface area contributed by atoms with Gasteiger partial charge in [0.15, 0.2) is 0 Å². The van der Waals surface area contributed by atoms with E-state index in [2.05, 4.69) is 13.8 Å². The van der Waals surface area contributed by atoms with Crippen LogP contribution in [-0.4, -0.2) is 59.7 Å². The van der Waals surface area contributed by atoms with Crippen molar-refractivity contribution in [2.24, 2.45) is 5.92 Å². The van der Waals surface area contributed by atoms with Gasteiger partial charge in [0.2, 0.25) is 0 Å². The fraction of sp³-hybridized carbons (Fsp3) is 1.00. The van der Waals surface area contributed by atoms with Gasteiger partial charge in [-0.3, -0.25) is 0 Å². The Kier molecular flexibility index (Phi) is 10.1. The van der Waals surface area contributed by atoms with E-state index in [4.69, 9.17) is 22.4 Å². The zero-order chi connectivity index (χ0) is 16.5. The normalized spacial score (nSPS) is 22.1. The first-order valence-corrected chi connectivity index (χ1v) is 11.5. The minimum absolute atomic E-state index is 0.467. The Morgan fingerprint density at radius 3 is 1.45 bits per heavy atom. The summed E-state index contributed by atoms with van der Waals surface area (Å²) in [6.45, 7) is 5.42. The summed E-state index contributed by atoms with van der Waals surface area (Å²) in [6.07, 6.45) is 5.18. The maximum absolute atomic E-state index is 5.56. The molecule has 1 fully saturated rings. The highest BCUT2D eigenvalue weighted by molar-refractivity contribution is 6.46. The molecule has 1 heterocycles. The van der Waals surface area contributed by atoms with Crippen LogP contribution in [0.5, 0.6) is 0 Å². The smallest absolute Gasteiger partial charge is 0.323 e. The van der Waals surface area contributed by atoms with Crippen molar-refractivity contribution in [3.05, 3.63) is 0 Å². The standard InChI is InChI=1S/C15H34O5Si2/c1-12(21(16-3)17-4)7-9-14(15-11-20-15)10-8-13(2)22(18-5)19-6/h12-15,21-22H,7-11H2,1-6H3. The monoisotopic (exact) mass is 350 g/mol. The average Bonchev–Trinajstić information content (AvgIpc) is 3.34. The molecule has 0 radical (unpaired) electrons. The summed E-state index contributed by atoms with van der Waals surface area (Å²) in [6, 6.07) is 0. The molecule has 1 rings (SSSR count). The van der Waals surface area contributed by atoms with E-state index in [1.54, 1.807) is 28.4 Å². The molecular weight excluding hydrogens is 316 g/mol. The molecular formula is C15H34O5Si2. The van der Waals surface area contributed by atoms with Crippen LogP contribution in [0, 0.1) is 5.92 Å². The van der Waals surface area contributed by atoms with E-state index in [0.717, 1.165) is 19.4 Å². The summed E-state index contributed by atoms with van der Waals surface area (Å²) in [4.78, 5) is 0. The van der Waals surface area contributed by atoms with Gasteiger partial charge in [0, 0.05) is 28.4 Å². The highest BCUT2D eigenvalue weighted by Crippen LogP contribution is 2.34. The van der Waals surface area contributed by atoms with Crippen molar-refractivity contribution in [2.45, 2.75) is 56.7 Å². The number of epoxide rings is 1. The van der Waals surface area contributed by atoms with Gasteiger partial charge in [-0.2, -0.15) is 0 Å². The molecule has 0 aromatic carbocycles. The van der Waals surface area contributed by atoms with Crippen molar-refractivity contribution < 1.29 is 22.4 Å². The second kappa shape index (κ2) is 10.9. The first-order chi connectivity index (χ1) is 10.6. The molecule has 5 nitrogen and oxygen atoms in total. The van der Waals surface area contributed by atoms with Crippen molar-refractivity contribution in [2.75, 3.05) is 35.0 Å². The molecule has 132 valence electrons. The van der Waals surface area contributed by atoms with E-state index in [0.29, 0.717) is 23.1 Å². The number of rotatable bonds is 13. The molecule has 1 aliphatic rings. The van der Waals surface area contributed by atoms with Crippen LogP contribution in [0.1, 0.15) is 39.5 Å². The van der Waals surface area contributed by atoms with Crippen LogP contribution < -0.4 is 0 Å². The summed E-state index contributed by atoms with van der Waals surface area (Å²) in [5.74, 6) is 0.650. The molecule has 0 N–H and O–H groups in total. The quantitative estimate of drug-likeness (QED) is 0.377. The zero-order valence-electron chi connectivity index (χ0n) is 15.0. The average molecular weight is 351 g/mol. The van der Waals surface area contributed by atoms with Crippen LogP contribution in [0.3, 0.4) is 0 Å². The highest BCUT2D eigenvalue weighted by Gasteiger charge is 2.34. The van der Waals surface area contributed by atoms with E-state index in [1.165, 1.54) is 12.8 Å². The van der Waals surface area contributed by atoms with E-state index in [1.807, 2.05) is 0 Å². The third-order valence-electron chi connectivity index (χ3n) is 4.73. The summed E-state index contributed by atoms with van der Waals surface area (Å²) < 4.78 is 27.5. The highest BCUT2D eigenvalue weighted by atomic mass is 28.3. The van der Waals surface area contributed by atoms with Gasteiger partial charge >= 0.3 is 18.6 Å². The first-order valence-electron chi connectivity index (χ1n) is 8.30. The van der Waals surface area contributed by atoms with E-state index in [9.17, 15) is 0 Å². The summed E-state index contributed by atoms with van der Waals surface area (Å²) in [5.41, 5.74) is 1.07. The third-order valence-corrected chi connectivity index (χ3v) is 9.11. The molecule has 0 bridgehead atoms. The predicted molar refractivity (Wildman–Crippen MR) is 92.9 cm³/mol. The van der Waals surface area contributed by atoms with Crippen molar-refractivity contribution >= 4 is 18.6 Å². The molecule has 0 aromatic heterocycles. The van der Waals surface area contributed by atoms with Gasteiger partial charge in [-0.15, -0.1) is 0 Å². The second-order valence-corrected chi connectivity index (χ2v) is 12.1. The van der Waals surface area contributed by atoms with Crippen LogP contribution >= 0.6 is 0 Å². The lowest BCUT2D eigenvalue weighted by molar-refractivity contribution is 0.247. The van der Waals surface area contributed by atoms with E-state index < -0.39 is 18.6 Å². The van der Waals surface area contributed by atoms with Crippen molar-refractivity contribution in [1.29, 1.82) is 0 Å². The molecule has 0 aromatic rings. The van der Waals surface area contributed by atoms with Gasteiger partial charge in [-0.25, -0.2) is 0 Å². The Morgan fingerprint density at radius 2 is 1.18 bits per heavy atom. The number of hydrogen-bond donors (Lipinski definition) is 0. The summed E-state index contributed by atoms with van der Waals surface area (Å²) in [5, 5.41) is 0. The SMILES string of the molecule is CO[SiH](OC)C(C)CCC(CCC(C)[SiH](OC)OC)C1CO1. The van der Waals surface area contributed by atoms with Crippen LogP contribution in [0.25, 0.3) is 0 Å². The van der Waals surface area contributed by atoms with Crippen molar-refractivity contribution in [3.63, 3.8) is 0 Å². The molecule has 22 heavy (non-hydrogen) atoms. The van der Waals surface area contributed by atoms with E-state index in [-0.39, 0.29) is 0 Å². The van der Waals surface area contributed by atoms with E-state index >= 15 is 0 Å². The maximum Gasteiger partial charge on any atom is 0.323 e. The Morgan fingerprint density at radius 1 is 0.818 bits per heavy atom. The second-order valence-electron chi connectivity index (χ2n) is 6.42. The minimum Gasteiger partial charge on any atom is -0.400 e. The van der Waals surface area contributed by atoms with Crippen LogP contribution in [0.2, 0.25) is 11.1 Å². The maximum atomic E-state index is 5.56. The Bertz CT molecular complexity index is 261. The largest absolute Gasteiger partial charge is 0.400 e. The Labute approximate surface area is 139 Å². The molecule has 3 unspecified atom stereocenters. The zero-order valence-corrected chi connectivity index (χ0v) is 17.4. The van der Waals surface area contributed by atoms with Gasteiger partial charge < -0.3 is 22.4 Å². The van der Waals surface area contributed by atoms with Crippen LogP contribution in [0.15, 0.2) is 0 Å². The lowest BCUT2D eigenvalue weighted by Crippen LogP contribution is -2.26. The fourth-order valence-corrected chi connectivity index (χ4v) is 6.36. The first kappa shape index (κ1) is 20.3. The Hall–Kier alpha value is 0.234. The molecule has 1 aliphatic heterocycles. The molecule has 3 atom stereocenters. The lowest BCUT2D eigenvalue weighted by Gasteiger charge is -2.23. The fourth-order valence-electron chi connectivity index (χ4n) is 3.19.